The molecule has 1 amide bonds. The van der Waals surface area contributed by atoms with Crippen molar-refractivity contribution in [2.24, 2.45) is 7.05 Å². The van der Waals surface area contributed by atoms with Gasteiger partial charge in [-0.05, 0) is 37.3 Å². The van der Waals surface area contributed by atoms with Crippen LogP contribution in [-0.2, 0) is 18.0 Å². The summed E-state index contributed by atoms with van der Waals surface area (Å²) in [6, 6.07) is 10.5. The number of nitrogens with one attached hydrogen (secondary N) is 1. The molecule has 5 nitrogen and oxygen atoms in total. The topological polar surface area (TPSA) is 59.8 Å². The number of carbonyl (C=O) groups is 1. The maximum Gasteiger partial charge on any atom is 0.416 e. The van der Waals surface area contributed by atoms with E-state index in [2.05, 4.69) is 15.5 Å². The van der Waals surface area contributed by atoms with Crippen LogP contribution in [0.3, 0.4) is 0 Å². The van der Waals surface area contributed by atoms with Gasteiger partial charge in [-0.1, -0.05) is 30.0 Å². The molecule has 0 radical (unpaired) electrons. The van der Waals surface area contributed by atoms with Gasteiger partial charge in [0.05, 0.1) is 16.4 Å². The fraction of sp³-hybridized carbons (Fsp3) is 0.211. The minimum atomic E-state index is -4.50. The Hall–Kier alpha value is -2.88. The molecule has 0 fully saturated rings. The molecule has 0 spiro atoms. The standard InChI is InChI=1S/C19H16F4N4OS/c1-11(17(28)24-13-7-5-6-12(10-13)19(21,22)23)29-18-26-25-16(27(18)2)14-8-3-4-9-15(14)20/h3-11H,1-2H3,(H,24,28). The van der Waals surface area contributed by atoms with Crippen molar-refractivity contribution in [3.8, 4) is 11.4 Å². The van der Waals surface area contributed by atoms with Crippen molar-refractivity contribution in [2.45, 2.75) is 23.5 Å². The molecule has 1 heterocycles. The highest BCUT2D eigenvalue weighted by atomic mass is 32.2. The molecule has 29 heavy (non-hydrogen) atoms. The van der Waals surface area contributed by atoms with Crippen molar-refractivity contribution >= 4 is 23.4 Å². The average molecular weight is 424 g/mol. The fourth-order valence-electron chi connectivity index (χ4n) is 2.52. The first-order valence-electron chi connectivity index (χ1n) is 8.46. The molecule has 1 aromatic heterocycles. The third-order valence-electron chi connectivity index (χ3n) is 4.06. The van der Waals surface area contributed by atoms with Crippen molar-refractivity contribution in [3.63, 3.8) is 0 Å². The highest BCUT2D eigenvalue weighted by Gasteiger charge is 2.30. The fourth-order valence-corrected chi connectivity index (χ4v) is 3.34. The first kappa shape index (κ1) is 20.8. The SMILES string of the molecule is CC(Sc1nnc(-c2ccccc2F)n1C)C(=O)Nc1cccc(C(F)(F)F)c1. The van der Waals surface area contributed by atoms with E-state index in [1.165, 1.54) is 18.2 Å². The molecular weight excluding hydrogens is 408 g/mol. The second-order valence-corrected chi connectivity index (χ2v) is 7.48. The Kier molecular flexibility index (Phi) is 5.92. The summed E-state index contributed by atoms with van der Waals surface area (Å²) in [7, 11) is 1.64. The van der Waals surface area contributed by atoms with Crippen LogP contribution < -0.4 is 5.32 Å². The van der Waals surface area contributed by atoms with Crippen LogP contribution in [0, 0.1) is 5.82 Å². The van der Waals surface area contributed by atoms with Crippen LogP contribution in [0.2, 0.25) is 0 Å². The van der Waals surface area contributed by atoms with Crippen LogP contribution in [0.15, 0.2) is 53.7 Å². The molecule has 3 aromatic rings. The van der Waals surface area contributed by atoms with E-state index < -0.39 is 28.7 Å². The van der Waals surface area contributed by atoms with Gasteiger partial charge in [0.25, 0.3) is 0 Å². The summed E-state index contributed by atoms with van der Waals surface area (Å²) >= 11 is 1.06. The molecule has 0 aliphatic carbocycles. The van der Waals surface area contributed by atoms with E-state index in [9.17, 15) is 22.4 Å². The number of benzene rings is 2. The summed E-state index contributed by atoms with van der Waals surface area (Å²) in [6.45, 7) is 1.59. The minimum absolute atomic E-state index is 0.0438. The van der Waals surface area contributed by atoms with E-state index in [1.54, 1.807) is 36.7 Å². The number of hydrogen-bond acceptors (Lipinski definition) is 4. The third-order valence-corrected chi connectivity index (χ3v) is 5.19. The van der Waals surface area contributed by atoms with Crippen molar-refractivity contribution in [3.05, 3.63) is 59.9 Å². The summed E-state index contributed by atoms with van der Waals surface area (Å²) in [5.41, 5.74) is -0.531. The largest absolute Gasteiger partial charge is 0.416 e. The predicted molar refractivity (Wildman–Crippen MR) is 102 cm³/mol. The van der Waals surface area contributed by atoms with Crippen molar-refractivity contribution < 1.29 is 22.4 Å². The number of hydrogen-bond donors (Lipinski definition) is 1. The van der Waals surface area contributed by atoms with Crippen molar-refractivity contribution in [2.75, 3.05) is 5.32 Å². The lowest BCUT2D eigenvalue weighted by atomic mass is 10.2. The maximum absolute atomic E-state index is 14.0. The molecule has 0 bridgehead atoms. The number of thioether (sulfide) groups is 1. The molecule has 2 aromatic carbocycles. The van der Waals surface area contributed by atoms with Gasteiger partial charge < -0.3 is 9.88 Å². The molecule has 0 aliphatic heterocycles. The number of alkyl halides is 3. The van der Waals surface area contributed by atoms with Gasteiger partial charge >= 0.3 is 6.18 Å². The lowest BCUT2D eigenvalue weighted by molar-refractivity contribution is -0.137. The normalized spacial score (nSPS) is 12.6. The van der Waals surface area contributed by atoms with Gasteiger partial charge in [-0.3, -0.25) is 4.79 Å². The number of anilines is 1. The van der Waals surface area contributed by atoms with E-state index in [0.29, 0.717) is 11.0 Å². The Balaban J connectivity index is 1.72. The van der Waals surface area contributed by atoms with Gasteiger partial charge in [-0.15, -0.1) is 10.2 Å². The molecule has 0 aliphatic rings. The second kappa shape index (κ2) is 8.24. The van der Waals surface area contributed by atoms with Crippen molar-refractivity contribution in [1.29, 1.82) is 0 Å². The Morgan fingerprint density at radius 3 is 2.55 bits per heavy atom. The zero-order valence-corrected chi connectivity index (χ0v) is 16.2. The number of rotatable bonds is 5. The van der Waals surface area contributed by atoms with Gasteiger partial charge in [0.1, 0.15) is 5.82 Å². The van der Waals surface area contributed by atoms with Gasteiger partial charge in [0, 0.05) is 12.7 Å². The molecule has 1 N–H and O–H groups in total. The molecule has 10 heteroatoms. The Bertz CT molecular complexity index is 1040. The van der Waals surface area contributed by atoms with Crippen LogP contribution in [0.5, 0.6) is 0 Å². The zero-order chi connectivity index (χ0) is 21.2. The summed E-state index contributed by atoms with van der Waals surface area (Å²) < 4.78 is 53.9. The molecule has 0 saturated carbocycles. The third kappa shape index (κ3) is 4.76. The second-order valence-electron chi connectivity index (χ2n) is 6.17. The molecular formula is C19H16F4N4OS. The Morgan fingerprint density at radius 2 is 1.86 bits per heavy atom. The van der Waals surface area contributed by atoms with E-state index in [0.717, 1.165) is 23.9 Å². The Labute approximate surface area is 168 Å². The van der Waals surface area contributed by atoms with Gasteiger partial charge in [0.2, 0.25) is 5.91 Å². The molecule has 152 valence electrons. The van der Waals surface area contributed by atoms with E-state index >= 15 is 0 Å². The van der Waals surface area contributed by atoms with Crippen LogP contribution in [0.1, 0.15) is 12.5 Å². The first-order chi connectivity index (χ1) is 13.7. The number of aromatic nitrogens is 3. The summed E-state index contributed by atoms with van der Waals surface area (Å²) in [5, 5.41) is 10.1. The van der Waals surface area contributed by atoms with Gasteiger partial charge in [-0.25, -0.2) is 4.39 Å². The monoisotopic (exact) mass is 424 g/mol. The number of nitrogens with zero attached hydrogens (tertiary/aromatic N) is 3. The maximum atomic E-state index is 14.0. The van der Waals surface area contributed by atoms with Crippen LogP contribution in [0.25, 0.3) is 11.4 Å². The van der Waals surface area contributed by atoms with Gasteiger partial charge in [-0.2, -0.15) is 13.2 Å². The molecule has 0 saturated heterocycles. The van der Waals surface area contributed by atoms with Crippen LogP contribution in [0.4, 0.5) is 23.2 Å². The highest BCUT2D eigenvalue weighted by molar-refractivity contribution is 8.00. The highest BCUT2D eigenvalue weighted by Crippen LogP contribution is 2.31. The smallest absolute Gasteiger partial charge is 0.325 e. The minimum Gasteiger partial charge on any atom is -0.325 e. The van der Waals surface area contributed by atoms with Crippen LogP contribution >= 0.6 is 11.8 Å². The summed E-state index contributed by atoms with van der Waals surface area (Å²) in [4.78, 5) is 12.4. The number of carbonyl (C=O) groups excluding carboxylic acids is 1. The van der Waals surface area contributed by atoms with Crippen molar-refractivity contribution in [1.82, 2.24) is 14.8 Å². The van der Waals surface area contributed by atoms with E-state index in [1.807, 2.05) is 0 Å². The quantitative estimate of drug-likeness (QED) is 0.474. The average Bonchev–Trinajstić information content (AvgIpc) is 3.02. The number of amides is 1. The Morgan fingerprint density at radius 1 is 1.14 bits per heavy atom. The summed E-state index contributed by atoms with van der Waals surface area (Å²) in [5.74, 6) is -0.643. The van der Waals surface area contributed by atoms with E-state index in [4.69, 9.17) is 0 Å². The lowest BCUT2D eigenvalue weighted by Gasteiger charge is -2.13. The molecule has 3 rings (SSSR count). The lowest BCUT2D eigenvalue weighted by Crippen LogP contribution is -2.23. The molecule has 1 unspecified atom stereocenters. The van der Waals surface area contributed by atoms with Crippen LogP contribution in [-0.4, -0.2) is 25.9 Å². The predicted octanol–water partition coefficient (Wildman–Crippen LogP) is 4.76. The summed E-state index contributed by atoms with van der Waals surface area (Å²) in [6.07, 6.45) is -4.50. The van der Waals surface area contributed by atoms with Gasteiger partial charge in [0.15, 0.2) is 11.0 Å². The number of halogens is 4. The zero-order valence-electron chi connectivity index (χ0n) is 15.4. The van der Waals surface area contributed by atoms with E-state index in [-0.39, 0.29) is 11.3 Å². The first-order valence-corrected chi connectivity index (χ1v) is 9.34. The molecule has 1 atom stereocenters.